The Kier molecular flexibility index (Phi) is 6.70. The molecule has 2 amide bonds. The predicted molar refractivity (Wildman–Crippen MR) is 124 cm³/mol. The average Bonchev–Trinajstić information content (AvgIpc) is 3.66. The number of carbonyl (C=O) groups excluding carboxylic acids is 2. The second-order valence-electron chi connectivity index (χ2n) is 7.78. The highest BCUT2D eigenvalue weighted by molar-refractivity contribution is 6.05. The number of nitrogens with one attached hydrogen (secondary N) is 2. The Morgan fingerprint density at radius 1 is 0.844 bits per heavy atom. The zero-order valence-corrected chi connectivity index (χ0v) is 18.0. The third-order valence-corrected chi connectivity index (χ3v) is 5.18. The van der Waals surface area contributed by atoms with Crippen LogP contribution < -0.4 is 20.1 Å². The maximum Gasteiger partial charge on any atom is 0.255 e. The molecule has 0 unspecified atom stereocenters. The molecule has 1 aliphatic carbocycles. The van der Waals surface area contributed by atoms with E-state index in [1.54, 1.807) is 30.3 Å². The van der Waals surface area contributed by atoms with Gasteiger partial charge in [-0.05, 0) is 73.9 Å². The highest BCUT2D eigenvalue weighted by Crippen LogP contribution is 2.31. The lowest BCUT2D eigenvalue weighted by atomic mass is 10.1. The minimum absolute atomic E-state index is 0.0429. The van der Waals surface area contributed by atoms with E-state index in [1.165, 1.54) is 0 Å². The molecule has 2 N–H and O–H groups in total. The highest BCUT2D eigenvalue weighted by atomic mass is 16.5. The number of anilines is 2. The van der Waals surface area contributed by atoms with Crippen molar-refractivity contribution in [3.8, 4) is 11.5 Å². The van der Waals surface area contributed by atoms with Gasteiger partial charge in [0.2, 0.25) is 5.91 Å². The second kappa shape index (κ2) is 10.0. The molecule has 0 bridgehead atoms. The van der Waals surface area contributed by atoms with Crippen LogP contribution in [0.3, 0.4) is 0 Å². The summed E-state index contributed by atoms with van der Waals surface area (Å²) in [5, 5.41) is 5.83. The average molecular weight is 431 g/mol. The number of hydrogen-bond acceptors (Lipinski definition) is 4. The first-order chi connectivity index (χ1) is 15.6. The molecule has 6 nitrogen and oxygen atoms in total. The first kappa shape index (κ1) is 21.4. The monoisotopic (exact) mass is 430 g/mol. The molecule has 1 fully saturated rings. The van der Waals surface area contributed by atoms with Crippen molar-refractivity contribution in [2.75, 3.05) is 23.8 Å². The van der Waals surface area contributed by atoms with E-state index >= 15 is 0 Å². The molecule has 1 saturated carbocycles. The number of hydrogen-bond donors (Lipinski definition) is 2. The van der Waals surface area contributed by atoms with Crippen LogP contribution in [0.4, 0.5) is 11.4 Å². The van der Waals surface area contributed by atoms with Gasteiger partial charge in [0.1, 0.15) is 24.7 Å². The molecule has 1 aliphatic rings. The normalized spacial score (nSPS) is 12.7. The van der Waals surface area contributed by atoms with Crippen LogP contribution in [0, 0.1) is 12.8 Å². The number of rotatable bonds is 9. The van der Waals surface area contributed by atoms with E-state index in [0.717, 1.165) is 29.8 Å². The van der Waals surface area contributed by atoms with Crippen molar-refractivity contribution >= 4 is 23.2 Å². The van der Waals surface area contributed by atoms with Crippen LogP contribution in [0.1, 0.15) is 28.8 Å². The first-order valence-electron chi connectivity index (χ1n) is 10.7. The highest BCUT2D eigenvalue weighted by Gasteiger charge is 2.29. The summed E-state index contributed by atoms with van der Waals surface area (Å²) >= 11 is 0. The zero-order valence-electron chi connectivity index (χ0n) is 18.0. The molecule has 0 saturated heterocycles. The molecule has 0 radical (unpaired) electrons. The molecule has 0 spiro atoms. The number of aryl methyl sites for hydroxylation is 1. The van der Waals surface area contributed by atoms with Crippen molar-refractivity contribution in [3.63, 3.8) is 0 Å². The lowest BCUT2D eigenvalue weighted by molar-refractivity contribution is -0.117. The van der Waals surface area contributed by atoms with Crippen molar-refractivity contribution in [2.45, 2.75) is 19.8 Å². The lowest BCUT2D eigenvalue weighted by Gasteiger charge is -2.12. The Balaban J connectivity index is 1.28. The topological polar surface area (TPSA) is 76.7 Å². The summed E-state index contributed by atoms with van der Waals surface area (Å²) in [6.07, 6.45) is 1.89. The van der Waals surface area contributed by atoms with Crippen LogP contribution in [0.2, 0.25) is 0 Å². The van der Waals surface area contributed by atoms with Crippen LogP contribution in [0.15, 0.2) is 72.8 Å². The van der Waals surface area contributed by atoms with Crippen molar-refractivity contribution in [2.24, 2.45) is 5.92 Å². The van der Waals surface area contributed by atoms with Crippen LogP contribution in [-0.4, -0.2) is 25.0 Å². The van der Waals surface area contributed by atoms with Gasteiger partial charge in [-0.15, -0.1) is 0 Å². The Hall–Kier alpha value is -3.80. The third kappa shape index (κ3) is 5.88. The van der Waals surface area contributed by atoms with E-state index in [-0.39, 0.29) is 17.7 Å². The number of carbonyl (C=O) groups is 2. The standard InChI is InChI=1S/C26H26N2O4/c1-18-7-12-21(17-24(18)28-26(30)19-8-9-19)27-25(29)20-10-13-23(14-11-20)32-16-15-31-22-5-3-2-4-6-22/h2-7,10-14,17,19H,8-9,15-16H2,1H3,(H,27,29)(H,28,30). The third-order valence-electron chi connectivity index (χ3n) is 5.18. The maximum atomic E-state index is 12.6. The summed E-state index contributed by atoms with van der Waals surface area (Å²) in [5.41, 5.74) is 2.82. The van der Waals surface area contributed by atoms with Gasteiger partial charge in [-0.3, -0.25) is 9.59 Å². The number of para-hydroxylation sites is 1. The fourth-order valence-corrected chi connectivity index (χ4v) is 3.16. The van der Waals surface area contributed by atoms with Crippen molar-refractivity contribution in [3.05, 3.63) is 83.9 Å². The lowest BCUT2D eigenvalue weighted by Crippen LogP contribution is -2.15. The molecule has 0 aromatic heterocycles. The Labute approximate surface area is 187 Å². The Morgan fingerprint density at radius 2 is 1.50 bits per heavy atom. The zero-order chi connectivity index (χ0) is 22.3. The van der Waals surface area contributed by atoms with E-state index in [4.69, 9.17) is 9.47 Å². The number of amides is 2. The molecule has 4 rings (SSSR count). The SMILES string of the molecule is Cc1ccc(NC(=O)c2ccc(OCCOc3ccccc3)cc2)cc1NC(=O)C1CC1. The molecule has 3 aromatic carbocycles. The summed E-state index contributed by atoms with van der Waals surface area (Å²) in [6.45, 7) is 2.76. The minimum atomic E-state index is -0.229. The summed E-state index contributed by atoms with van der Waals surface area (Å²) < 4.78 is 11.3. The van der Waals surface area contributed by atoms with E-state index in [1.807, 2.05) is 49.4 Å². The molecule has 0 atom stereocenters. The maximum absolute atomic E-state index is 12.6. The molecular weight excluding hydrogens is 404 g/mol. The largest absolute Gasteiger partial charge is 0.490 e. The van der Waals surface area contributed by atoms with Gasteiger partial charge in [0.05, 0.1) is 0 Å². The van der Waals surface area contributed by atoms with Gasteiger partial charge in [-0.25, -0.2) is 0 Å². The van der Waals surface area contributed by atoms with E-state index in [9.17, 15) is 9.59 Å². The second-order valence-corrected chi connectivity index (χ2v) is 7.78. The number of ether oxygens (including phenoxy) is 2. The van der Waals surface area contributed by atoms with Crippen LogP contribution in [0.25, 0.3) is 0 Å². The van der Waals surface area contributed by atoms with Gasteiger partial charge in [0.25, 0.3) is 5.91 Å². The minimum Gasteiger partial charge on any atom is -0.490 e. The van der Waals surface area contributed by atoms with Gasteiger partial charge in [0, 0.05) is 22.9 Å². The first-order valence-corrected chi connectivity index (χ1v) is 10.7. The van der Waals surface area contributed by atoms with Crippen LogP contribution in [0.5, 0.6) is 11.5 Å². The molecule has 0 heterocycles. The fraction of sp³-hybridized carbons (Fsp3) is 0.231. The van der Waals surface area contributed by atoms with E-state index in [0.29, 0.717) is 30.2 Å². The molecular formula is C26H26N2O4. The van der Waals surface area contributed by atoms with Crippen molar-refractivity contribution in [1.29, 1.82) is 0 Å². The van der Waals surface area contributed by atoms with E-state index < -0.39 is 0 Å². The molecule has 6 heteroatoms. The number of benzene rings is 3. The smallest absolute Gasteiger partial charge is 0.255 e. The molecule has 3 aromatic rings. The Morgan fingerprint density at radius 3 is 2.16 bits per heavy atom. The summed E-state index contributed by atoms with van der Waals surface area (Å²) in [7, 11) is 0. The van der Waals surface area contributed by atoms with Gasteiger partial charge in [0.15, 0.2) is 0 Å². The van der Waals surface area contributed by atoms with Crippen molar-refractivity contribution in [1.82, 2.24) is 0 Å². The summed E-state index contributed by atoms with van der Waals surface area (Å²) in [5.74, 6) is 1.40. The van der Waals surface area contributed by atoms with Gasteiger partial charge >= 0.3 is 0 Å². The van der Waals surface area contributed by atoms with Crippen LogP contribution >= 0.6 is 0 Å². The summed E-state index contributed by atoms with van der Waals surface area (Å²) in [4.78, 5) is 24.7. The van der Waals surface area contributed by atoms with Gasteiger partial charge in [-0.2, -0.15) is 0 Å². The molecule has 164 valence electrons. The quantitative estimate of drug-likeness (QED) is 0.466. The summed E-state index contributed by atoms with van der Waals surface area (Å²) in [6, 6.07) is 22.0. The van der Waals surface area contributed by atoms with Crippen LogP contribution in [-0.2, 0) is 4.79 Å². The van der Waals surface area contributed by atoms with Crippen molar-refractivity contribution < 1.29 is 19.1 Å². The Bertz CT molecular complexity index is 1080. The van der Waals surface area contributed by atoms with Gasteiger partial charge < -0.3 is 20.1 Å². The van der Waals surface area contributed by atoms with E-state index in [2.05, 4.69) is 10.6 Å². The fourth-order valence-electron chi connectivity index (χ4n) is 3.16. The van der Waals surface area contributed by atoms with Gasteiger partial charge in [-0.1, -0.05) is 24.3 Å². The molecule has 32 heavy (non-hydrogen) atoms. The predicted octanol–water partition coefficient (Wildman–Crippen LogP) is 5.05. The molecule has 0 aliphatic heterocycles.